The fraction of sp³-hybridized carbons (Fsp3) is 0.250. The molecule has 12 nitrogen and oxygen atoms in total. The van der Waals surface area contributed by atoms with Crippen LogP contribution in [-0.2, 0) is 26.2 Å². The second kappa shape index (κ2) is 15.9. The summed E-state index contributed by atoms with van der Waals surface area (Å²) >= 11 is 0. The van der Waals surface area contributed by atoms with Crippen molar-refractivity contribution in [3.05, 3.63) is 84.1 Å². The number of alkyl halides is 3. The van der Waals surface area contributed by atoms with Gasteiger partial charge in [0.2, 0.25) is 5.95 Å². The maximum atomic E-state index is 15.3. The van der Waals surface area contributed by atoms with E-state index in [2.05, 4.69) is 30.3 Å². The molecule has 2 heterocycles. The highest BCUT2D eigenvalue weighted by Crippen LogP contribution is 2.33. The van der Waals surface area contributed by atoms with Gasteiger partial charge in [-0.1, -0.05) is 12.1 Å². The molecule has 18 heteroatoms. The van der Waals surface area contributed by atoms with E-state index < -0.39 is 51.8 Å². The third-order valence-corrected chi connectivity index (χ3v) is 8.25. The minimum atomic E-state index is -4.77. The van der Waals surface area contributed by atoms with E-state index in [9.17, 15) is 31.4 Å². The standard InChI is InChI=1S/C32H30F5N7O5S/c1-2-49-31(46)44-50(47)22-5-3-4-21(16-22)40-29-38-17-23(28(43-29)39-20-10-12-48-13-11-20)18-6-9-26(25(34)14-18)41-30(45)42-27-15-19(32(35,36)37)7-8-24(27)33/h3-9,14-17,20,50H,2,10-13H2,1H3,(H2,41,42,45)(H2,38,39,40,43). The van der Waals surface area contributed by atoms with Gasteiger partial charge in [-0.2, -0.15) is 18.2 Å². The normalized spacial score (nSPS) is 14.1. The highest BCUT2D eigenvalue weighted by molar-refractivity contribution is 7.75. The van der Waals surface area contributed by atoms with Crippen molar-refractivity contribution < 1.29 is 45.2 Å². The predicted molar refractivity (Wildman–Crippen MR) is 176 cm³/mol. The molecule has 0 bridgehead atoms. The number of carbonyl (C=O) groups excluding carboxylic acids is 2. The van der Waals surface area contributed by atoms with Crippen LogP contribution in [0.3, 0.4) is 0 Å². The summed E-state index contributed by atoms with van der Waals surface area (Å²) < 4.78 is 94.8. The summed E-state index contributed by atoms with van der Waals surface area (Å²) in [4.78, 5) is 33.3. The molecule has 0 aliphatic carbocycles. The molecule has 4 N–H and O–H groups in total. The molecule has 1 aromatic heterocycles. The maximum absolute atomic E-state index is 15.3. The van der Waals surface area contributed by atoms with E-state index in [1.165, 1.54) is 30.5 Å². The first-order valence-electron chi connectivity index (χ1n) is 15.1. The smallest absolute Gasteiger partial charge is 0.441 e. The van der Waals surface area contributed by atoms with Crippen LogP contribution in [0.2, 0.25) is 0 Å². The van der Waals surface area contributed by atoms with Gasteiger partial charge in [-0.05, 0) is 73.9 Å². The predicted octanol–water partition coefficient (Wildman–Crippen LogP) is 7.60. The number of hydrogen-bond acceptors (Lipinski definition) is 9. The van der Waals surface area contributed by atoms with Crippen molar-refractivity contribution in [3.63, 3.8) is 0 Å². The van der Waals surface area contributed by atoms with Crippen molar-refractivity contribution in [1.82, 2.24) is 9.97 Å². The number of amides is 3. The van der Waals surface area contributed by atoms with Gasteiger partial charge in [0.15, 0.2) is 0 Å². The molecule has 3 aromatic carbocycles. The largest absolute Gasteiger partial charge is 0.448 e. The molecular formula is C32H30F5N7O5S. The van der Waals surface area contributed by atoms with Crippen molar-refractivity contribution in [2.75, 3.05) is 41.1 Å². The number of hydrogen-bond donors (Lipinski definition) is 5. The second-order valence-corrected chi connectivity index (χ2v) is 12.0. The number of thiol groups is 1. The molecule has 1 aliphatic heterocycles. The Labute approximate surface area is 284 Å². The monoisotopic (exact) mass is 719 g/mol. The molecule has 0 saturated carbocycles. The molecule has 0 spiro atoms. The average molecular weight is 720 g/mol. The summed E-state index contributed by atoms with van der Waals surface area (Å²) in [6, 6.07) is 10.4. The third-order valence-electron chi connectivity index (χ3n) is 7.18. The zero-order chi connectivity index (χ0) is 35.8. The van der Waals surface area contributed by atoms with Gasteiger partial charge in [-0.3, -0.25) is 0 Å². The van der Waals surface area contributed by atoms with Crippen molar-refractivity contribution >= 4 is 51.5 Å². The van der Waals surface area contributed by atoms with E-state index in [1.54, 1.807) is 19.1 Å². The van der Waals surface area contributed by atoms with Crippen molar-refractivity contribution in [1.29, 1.82) is 0 Å². The molecule has 4 aromatic rings. The minimum Gasteiger partial charge on any atom is -0.448 e. The number of nitrogens with one attached hydrogen (secondary N) is 4. The summed E-state index contributed by atoms with van der Waals surface area (Å²) in [7, 11) is -2.43. The molecule has 0 radical (unpaired) electrons. The number of benzene rings is 3. The van der Waals surface area contributed by atoms with E-state index in [-0.39, 0.29) is 29.2 Å². The first kappa shape index (κ1) is 35.9. The first-order chi connectivity index (χ1) is 23.9. The zero-order valence-electron chi connectivity index (χ0n) is 26.2. The summed E-state index contributed by atoms with van der Waals surface area (Å²) in [5.41, 5.74) is -1.09. The van der Waals surface area contributed by atoms with E-state index in [4.69, 9.17) is 9.47 Å². The lowest BCUT2D eigenvalue weighted by atomic mass is 10.1. The van der Waals surface area contributed by atoms with Crippen LogP contribution in [-0.4, -0.2) is 52.2 Å². The van der Waals surface area contributed by atoms with E-state index >= 15 is 4.39 Å². The van der Waals surface area contributed by atoms with Gasteiger partial charge < -0.3 is 30.7 Å². The number of carbonyl (C=O) groups is 2. The summed E-state index contributed by atoms with van der Waals surface area (Å²) in [5, 5.41) is 10.5. The maximum Gasteiger partial charge on any atom is 0.441 e. The summed E-state index contributed by atoms with van der Waals surface area (Å²) in [6.45, 7) is 2.73. The number of rotatable bonds is 9. The Bertz CT molecular complexity index is 1970. The number of ether oxygens (including phenoxy) is 2. The van der Waals surface area contributed by atoms with E-state index in [0.717, 1.165) is 6.07 Å². The number of nitrogens with zero attached hydrogens (tertiary/aromatic N) is 3. The summed E-state index contributed by atoms with van der Waals surface area (Å²) in [6.07, 6.45) is -2.92. The first-order valence-corrected chi connectivity index (χ1v) is 16.3. The van der Waals surface area contributed by atoms with Gasteiger partial charge in [-0.15, -0.1) is 4.36 Å². The molecule has 1 unspecified atom stereocenters. The van der Waals surface area contributed by atoms with Crippen LogP contribution in [0, 0.1) is 11.6 Å². The molecular weight excluding hydrogens is 689 g/mol. The van der Waals surface area contributed by atoms with Crippen LogP contribution in [0.25, 0.3) is 11.1 Å². The highest BCUT2D eigenvalue weighted by atomic mass is 32.2. The van der Waals surface area contributed by atoms with Crippen LogP contribution in [0.4, 0.5) is 60.4 Å². The Morgan fingerprint density at radius 3 is 2.48 bits per heavy atom. The van der Waals surface area contributed by atoms with Crippen molar-refractivity contribution in [2.45, 2.75) is 36.9 Å². The lowest BCUT2D eigenvalue weighted by molar-refractivity contribution is -0.137. The molecule has 1 saturated heterocycles. The topological polar surface area (TPSA) is 156 Å². The average Bonchev–Trinajstić information content (AvgIpc) is 3.07. The number of halogens is 5. The van der Waals surface area contributed by atoms with Gasteiger partial charge in [0, 0.05) is 41.6 Å². The second-order valence-electron chi connectivity index (χ2n) is 10.7. The lowest BCUT2D eigenvalue weighted by Crippen LogP contribution is -2.28. The van der Waals surface area contributed by atoms with Crippen LogP contribution in [0.1, 0.15) is 25.3 Å². The van der Waals surface area contributed by atoms with Crippen molar-refractivity contribution in [2.24, 2.45) is 4.36 Å². The lowest BCUT2D eigenvalue weighted by Gasteiger charge is -2.25. The molecule has 5 rings (SSSR count). The van der Waals surface area contributed by atoms with Crippen LogP contribution in [0.15, 0.2) is 76.1 Å². The van der Waals surface area contributed by atoms with Gasteiger partial charge in [0.05, 0.1) is 34.1 Å². The summed E-state index contributed by atoms with van der Waals surface area (Å²) in [5.74, 6) is -1.54. The van der Waals surface area contributed by atoms with E-state index in [0.29, 0.717) is 66.9 Å². The van der Waals surface area contributed by atoms with Gasteiger partial charge >= 0.3 is 18.3 Å². The Morgan fingerprint density at radius 1 is 1.00 bits per heavy atom. The van der Waals surface area contributed by atoms with Gasteiger partial charge in [0.25, 0.3) is 0 Å². The minimum absolute atomic E-state index is 0.0344. The van der Waals surface area contributed by atoms with Gasteiger partial charge in [0.1, 0.15) is 17.5 Å². The van der Waals surface area contributed by atoms with Crippen LogP contribution < -0.4 is 21.3 Å². The molecule has 264 valence electrons. The molecule has 1 atom stereocenters. The number of urea groups is 1. The van der Waals surface area contributed by atoms with E-state index in [1.807, 2.05) is 5.32 Å². The third kappa shape index (κ3) is 9.41. The zero-order valence-corrected chi connectivity index (χ0v) is 27.1. The fourth-order valence-corrected chi connectivity index (χ4v) is 5.56. The highest BCUT2D eigenvalue weighted by Gasteiger charge is 2.31. The Morgan fingerprint density at radius 2 is 1.76 bits per heavy atom. The quantitative estimate of drug-likeness (QED) is 0.0869. The molecule has 3 amide bonds. The van der Waals surface area contributed by atoms with Crippen molar-refractivity contribution in [3.8, 4) is 11.1 Å². The Kier molecular flexibility index (Phi) is 11.4. The fourth-order valence-electron chi connectivity index (χ4n) is 4.77. The molecule has 1 aliphatic rings. The molecule has 50 heavy (non-hydrogen) atoms. The number of anilines is 5. The SMILES string of the molecule is CCOC(=O)/N=[SH](=O)\c1cccc(Nc2ncc(-c3ccc(NC(=O)Nc4cc(C(F)(F)F)ccc4F)c(F)c3)c(NC3CCOCC3)n2)c1. The Balaban J connectivity index is 1.37. The van der Waals surface area contributed by atoms with Gasteiger partial charge in [-0.25, -0.2) is 27.6 Å². The number of aromatic nitrogens is 2. The Hall–Kier alpha value is -5.36. The van der Waals surface area contributed by atoms with Crippen LogP contribution in [0.5, 0.6) is 0 Å². The van der Waals surface area contributed by atoms with Crippen LogP contribution >= 0.6 is 0 Å². The molecule has 1 fully saturated rings.